The van der Waals surface area contributed by atoms with Gasteiger partial charge in [0.25, 0.3) is 0 Å². The minimum absolute atomic E-state index is 0.105. The van der Waals surface area contributed by atoms with E-state index in [9.17, 15) is 9.18 Å². The van der Waals surface area contributed by atoms with Gasteiger partial charge in [0.05, 0.1) is 18.3 Å². The molecule has 2 rings (SSSR count). The number of hydrogen-bond donors (Lipinski definition) is 0. The number of ether oxygens (including phenoxy) is 2. The lowest BCUT2D eigenvalue weighted by atomic mass is 10.2. The van der Waals surface area contributed by atoms with Crippen molar-refractivity contribution in [3.8, 4) is 0 Å². The monoisotopic (exact) mass is 224 g/mol. The van der Waals surface area contributed by atoms with Gasteiger partial charge in [0.15, 0.2) is 0 Å². The van der Waals surface area contributed by atoms with Crippen LogP contribution in [-0.4, -0.2) is 31.5 Å². The van der Waals surface area contributed by atoms with Crippen LogP contribution >= 0.6 is 0 Å². The van der Waals surface area contributed by atoms with E-state index >= 15 is 0 Å². The van der Waals surface area contributed by atoms with E-state index in [1.54, 1.807) is 24.3 Å². The Labute approximate surface area is 93.2 Å². The van der Waals surface area contributed by atoms with Crippen LogP contribution in [0, 0.1) is 0 Å². The van der Waals surface area contributed by atoms with E-state index in [4.69, 9.17) is 9.47 Å². The molecule has 0 amide bonds. The highest BCUT2D eigenvalue weighted by molar-refractivity contribution is 5.89. The molecule has 2 atom stereocenters. The number of carbonyl (C=O) groups excluding carboxylic acids is 1. The molecule has 0 bridgehead atoms. The maximum absolute atomic E-state index is 12.8. The normalized spacial score (nSPS) is 24.3. The molecule has 0 N–H and O–H groups in total. The molecule has 1 heterocycles. The number of carbonyl (C=O) groups is 1. The van der Waals surface area contributed by atoms with E-state index in [1.807, 2.05) is 6.07 Å². The molecule has 1 aliphatic rings. The zero-order valence-electron chi connectivity index (χ0n) is 8.77. The number of alkyl halides is 1. The lowest BCUT2D eigenvalue weighted by Gasteiger charge is -2.09. The minimum atomic E-state index is -0.930. The Morgan fingerprint density at radius 3 is 2.81 bits per heavy atom. The fraction of sp³-hybridized carbons (Fsp3) is 0.417. The Balaban J connectivity index is 1.80. The molecule has 0 spiro atoms. The van der Waals surface area contributed by atoms with E-state index in [0.717, 1.165) is 0 Å². The quantitative estimate of drug-likeness (QED) is 0.736. The van der Waals surface area contributed by atoms with Crippen molar-refractivity contribution in [1.82, 2.24) is 0 Å². The lowest BCUT2D eigenvalue weighted by Crippen LogP contribution is -2.18. The molecule has 0 saturated carbocycles. The number of halogens is 1. The topological polar surface area (TPSA) is 35.5 Å². The summed E-state index contributed by atoms with van der Waals surface area (Å²) in [6.07, 6.45) is -0.926. The van der Waals surface area contributed by atoms with Gasteiger partial charge in [-0.25, -0.2) is 9.18 Å². The van der Waals surface area contributed by atoms with Crippen LogP contribution in [0.15, 0.2) is 30.3 Å². The Kier molecular flexibility index (Phi) is 3.51. The third kappa shape index (κ3) is 2.79. The fourth-order valence-corrected chi connectivity index (χ4v) is 1.60. The summed E-state index contributed by atoms with van der Waals surface area (Å²) in [6, 6.07) is 8.71. The molecule has 0 aliphatic carbocycles. The molecule has 16 heavy (non-hydrogen) atoms. The molecule has 1 aromatic carbocycles. The number of esters is 1. The molecule has 86 valence electrons. The molecule has 1 fully saturated rings. The Morgan fingerprint density at radius 2 is 2.19 bits per heavy atom. The van der Waals surface area contributed by atoms with Crippen molar-refractivity contribution in [3.05, 3.63) is 35.9 Å². The van der Waals surface area contributed by atoms with Crippen molar-refractivity contribution in [3.63, 3.8) is 0 Å². The minimum Gasteiger partial charge on any atom is -0.459 e. The number of benzene rings is 1. The Bertz CT molecular complexity index is 353. The van der Waals surface area contributed by atoms with Gasteiger partial charge in [-0.05, 0) is 12.1 Å². The van der Waals surface area contributed by atoms with Gasteiger partial charge in [-0.2, -0.15) is 0 Å². The largest absolute Gasteiger partial charge is 0.459 e. The van der Waals surface area contributed by atoms with Gasteiger partial charge in [0.2, 0.25) is 0 Å². The van der Waals surface area contributed by atoms with E-state index in [-0.39, 0.29) is 19.3 Å². The summed E-state index contributed by atoms with van der Waals surface area (Å²) < 4.78 is 22.9. The van der Waals surface area contributed by atoms with Crippen molar-refractivity contribution < 1.29 is 18.7 Å². The smallest absolute Gasteiger partial charge is 0.338 e. The highest BCUT2D eigenvalue weighted by Gasteiger charge is 2.26. The Hall–Kier alpha value is -1.42. The molecule has 0 aromatic heterocycles. The fourth-order valence-electron chi connectivity index (χ4n) is 1.60. The average molecular weight is 224 g/mol. The van der Waals surface area contributed by atoms with E-state index in [2.05, 4.69) is 0 Å². The second-order valence-corrected chi connectivity index (χ2v) is 3.75. The summed E-state index contributed by atoms with van der Waals surface area (Å²) in [6.45, 7) is 0.224. The summed E-state index contributed by atoms with van der Waals surface area (Å²) in [7, 11) is 0. The maximum atomic E-state index is 12.8. The summed E-state index contributed by atoms with van der Waals surface area (Å²) >= 11 is 0. The first kappa shape index (κ1) is 11.1. The van der Waals surface area contributed by atoms with Crippen LogP contribution in [0.2, 0.25) is 0 Å². The molecule has 1 aromatic rings. The Morgan fingerprint density at radius 1 is 1.44 bits per heavy atom. The van der Waals surface area contributed by atoms with Gasteiger partial charge >= 0.3 is 5.97 Å². The zero-order valence-corrected chi connectivity index (χ0v) is 8.77. The molecule has 4 heteroatoms. The van der Waals surface area contributed by atoms with Gasteiger partial charge in [0.1, 0.15) is 12.8 Å². The molecular formula is C12H13FO3. The third-order valence-corrected chi connectivity index (χ3v) is 2.44. The summed E-state index contributed by atoms with van der Waals surface area (Å²) in [4.78, 5) is 11.5. The molecule has 3 nitrogen and oxygen atoms in total. The lowest BCUT2D eigenvalue weighted by molar-refractivity contribution is 0.0155. The second-order valence-electron chi connectivity index (χ2n) is 3.75. The van der Waals surface area contributed by atoms with Crippen molar-refractivity contribution in [2.75, 3.05) is 13.2 Å². The standard InChI is InChI=1S/C12H13FO3/c13-10-6-11(15-7-10)8-16-12(14)9-4-2-1-3-5-9/h1-5,10-11H,6-8H2. The maximum Gasteiger partial charge on any atom is 0.338 e. The first-order valence-electron chi connectivity index (χ1n) is 5.23. The van der Waals surface area contributed by atoms with Gasteiger partial charge in [-0.3, -0.25) is 0 Å². The summed E-state index contributed by atoms with van der Waals surface area (Å²) in [5.41, 5.74) is 0.497. The van der Waals surface area contributed by atoms with Gasteiger partial charge in [-0.15, -0.1) is 0 Å². The van der Waals surface area contributed by atoms with E-state index in [0.29, 0.717) is 12.0 Å². The first-order chi connectivity index (χ1) is 7.75. The van der Waals surface area contributed by atoms with Gasteiger partial charge in [0, 0.05) is 6.42 Å². The third-order valence-electron chi connectivity index (χ3n) is 2.44. The number of hydrogen-bond acceptors (Lipinski definition) is 3. The van der Waals surface area contributed by atoms with Gasteiger partial charge < -0.3 is 9.47 Å². The highest BCUT2D eigenvalue weighted by Crippen LogP contribution is 2.16. The van der Waals surface area contributed by atoms with Crippen LogP contribution in [0.4, 0.5) is 4.39 Å². The number of rotatable bonds is 3. The van der Waals surface area contributed by atoms with Crippen LogP contribution in [0.3, 0.4) is 0 Å². The highest BCUT2D eigenvalue weighted by atomic mass is 19.1. The van der Waals surface area contributed by atoms with Crippen LogP contribution in [0.1, 0.15) is 16.8 Å². The molecule has 0 radical (unpaired) electrons. The van der Waals surface area contributed by atoms with E-state index < -0.39 is 12.1 Å². The first-order valence-corrected chi connectivity index (χ1v) is 5.23. The molecule has 1 aliphatic heterocycles. The predicted octanol–water partition coefficient (Wildman–Crippen LogP) is 1.97. The van der Waals surface area contributed by atoms with Crippen molar-refractivity contribution in [1.29, 1.82) is 0 Å². The van der Waals surface area contributed by atoms with Crippen LogP contribution in [0.25, 0.3) is 0 Å². The van der Waals surface area contributed by atoms with Crippen LogP contribution in [0.5, 0.6) is 0 Å². The molecule has 2 unspecified atom stereocenters. The van der Waals surface area contributed by atoms with Gasteiger partial charge in [-0.1, -0.05) is 18.2 Å². The van der Waals surface area contributed by atoms with Crippen molar-refractivity contribution in [2.24, 2.45) is 0 Å². The molecule has 1 saturated heterocycles. The summed E-state index contributed by atoms with van der Waals surface area (Å²) in [5.74, 6) is -0.397. The van der Waals surface area contributed by atoms with Crippen molar-refractivity contribution >= 4 is 5.97 Å². The summed E-state index contributed by atoms with van der Waals surface area (Å²) in [5, 5.41) is 0. The SMILES string of the molecule is O=C(OCC1CC(F)CO1)c1ccccc1. The van der Waals surface area contributed by atoms with E-state index in [1.165, 1.54) is 0 Å². The second kappa shape index (κ2) is 5.07. The zero-order chi connectivity index (χ0) is 11.4. The van der Waals surface area contributed by atoms with Crippen molar-refractivity contribution in [2.45, 2.75) is 18.7 Å². The average Bonchev–Trinajstić information content (AvgIpc) is 2.73. The molecular weight excluding hydrogens is 211 g/mol. The predicted molar refractivity (Wildman–Crippen MR) is 56.0 cm³/mol. The van der Waals surface area contributed by atoms with Crippen LogP contribution < -0.4 is 0 Å². The van der Waals surface area contributed by atoms with Crippen LogP contribution in [-0.2, 0) is 9.47 Å².